The summed E-state index contributed by atoms with van der Waals surface area (Å²) in [4.78, 5) is 0. The fourth-order valence-electron chi connectivity index (χ4n) is 1.82. The first-order valence-corrected chi connectivity index (χ1v) is 6.50. The van der Waals surface area contributed by atoms with E-state index in [-0.39, 0.29) is 6.61 Å². The first-order chi connectivity index (χ1) is 8.67. The van der Waals surface area contributed by atoms with E-state index in [1.54, 1.807) is 0 Å². The van der Waals surface area contributed by atoms with Gasteiger partial charge in [0.1, 0.15) is 12.4 Å². The molecule has 1 atom stereocenters. The SMILES string of the molecule is CCCC(C)COc1ccc(C#CCO)c(C)c1. The Balaban J connectivity index is 2.61. The highest BCUT2D eigenvalue weighted by molar-refractivity contribution is 5.44. The minimum atomic E-state index is -0.105. The van der Waals surface area contributed by atoms with E-state index in [0.717, 1.165) is 23.5 Å². The van der Waals surface area contributed by atoms with Gasteiger partial charge in [0.15, 0.2) is 0 Å². The summed E-state index contributed by atoms with van der Waals surface area (Å²) in [6.07, 6.45) is 2.39. The maximum atomic E-state index is 8.67. The number of benzene rings is 1. The highest BCUT2D eigenvalue weighted by Gasteiger charge is 2.03. The molecule has 0 aliphatic heterocycles. The third-order valence-corrected chi connectivity index (χ3v) is 2.82. The van der Waals surface area contributed by atoms with Crippen LogP contribution in [0.2, 0.25) is 0 Å². The van der Waals surface area contributed by atoms with Crippen LogP contribution >= 0.6 is 0 Å². The molecule has 0 aliphatic carbocycles. The van der Waals surface area contributed by atoms with Gasteiger partial charge in [0, 0.05) is 5.56 Å². The Morgan fingerprint density at radius 2 is 2.17 bits per heavy atom. The van der Waals surface area contributed by atoms with Crippen LogP contribution in [0.1, 0.15) is 37.8 Å². The summed E-state index contributed by atoms with van der Waals surface area (Å²) in [7, 11) is 0. The van der Waals surface area contributed by atoms with Gasteiger partial charge in [0.25, 0.3) is 0 Å². The van der Waals surface area contributed by atoms with Crippen molar-refractivity contribution in [3.63, 3.8) is 0 Å². The number of rotatable bonds is 5. The molecule has 0 aromatic heterocycles. The van der Waals surface area contributed by atoms with Gasteiger partial charge in [-0.3, -0.25) is 0 Å². The molecule has 0 saturated heterocycles. The van der Waals surface area contributed by atoms with Gasteiger partial charge >= 0.3 is 0 Å². The van der Waals surface area contributed by atoms with Gasteiger partial charge in [-0.25, -0.2) is 0 Å². The third-order valence-electron chi connectivity index (χ3n) is 2.82. The number of aliphatic hydroxyl groups excluding tert-OH is 1. The van der Waals surface area contributed by atoms with Gasteiger partial charge in [-0.2, -0.15) is 0 Å². The normalized spacial score (nSPS) is 11.6. The first-order valence-electron chi connectivity index (χ1n) is 6.50. The highest BCUT2D eigenvalue weighted by atomic mass is 16.5. The fourth-order valence-corrected chi connectivity index (χ4v) is 1.82. The first kappa shape index (κ1) is 14.6. The maximum absolute atomic E-state index is 8.67. The zero-order valence-corrected chi connectivity index (χ0v) is 11.5. The number of hydrogen-bond donors (Lipinski definition) is 1. The predicted molar refractivity (Wildman–Crippen MR) is 74.7 cm³/mol. The van der Waals surface area contributed by atoms with Gasteiger partial charge in [-0.1, -0.05) is 32.1 Å². The molecule has 0 heterocycles. The molecule has 98 valence electrons. The molecule has 0 bridgehead atoms. The Bertz CT molecular complexity index is 426. The molecule has 0 amide bonds. The molecule has 1 unspecified atom stereocenters. The van der Waals surface area contributed by atoms with Crippen LogP contribution in [-0.4, -0.2) is 18.3 Å². The van der Waals surface area contributed by atoms with E-state index < -0.39 is 0 Å². The molecule has 18 heavy (non-hydrogen) atoms. The molecule has 1 N–H and O–H groups in total. The third kappa shape index (κ3) is 4.81. The quantitative estimate of drug-likeness (QED) is 0.809. The number of hydrogen-bond acceptors (Lipinski definition) is 2. The van der Waals surface area contributed by atoms with Crippen molar-refractivity contribution in [3.8, 4) is 17.6 Å². The van der Waals surface area contributed by atoms with Gasteiger partial charge in [0.2, 0.25) is 0 Å². The molecule has 1 aromatic rings. The van der Waals surface area contributed by atoms with E-state index in [4.69, 9.17) is 9.84 Å². The van der Waals surface area contributed by atoms with Crippen LogP contribution in [0.25, 0.3) is 0 Å². The Morgan fingerprint density at radius 1 is 1.39 bits per heavy atom. The van der Waals surface area contributed by atoms with Crippen molar-refractivity contribution in [1.82, 2.24) is 0 Å². The van der Waals surface area contributed by atoms with E-state index in [2.05, 4.69) is 25.7 Å². The lowest BCUT2D eigenvalue weighted by Gasteiger charge is -2.12. The van der Waals surface area contributed by atoms with Gasteiger partial charge in [-0.15, -0.1) is 0 Å². The topological polar surface area (TPSA) is 29.5 Å². The largest absolute Gasteiger partial charge is 0.493 e. The van der Waals surface area contributed by atoms with Crippen molar-refractivity contribution in [1.29, 1.82) is 0 Å². The summed E-state index contributed by atoms with van der Waals surface area (Å²) in [5, 5.41) is 8.67. The highest BCUT2D eigenvalue weighted by Crippen LogP contribution is 2.18. The number of aliphatic hydroxyl groups is 1. The molecule has 0 radical (unpaired) electrons. The van der Waals surface area contributed by atoms with Crippen LogP contribution in [0.5, 0.6) is 5.75 Å². The second-order valence-corrected chi connectivity index (χ2v) is 4.64. The van der Waals surface area contributed by atoms with Crippen LogP contribution in [0.3, 0.4) is 0 Å². The van der Waals surface area contributed by atoms with Crippen LogP contribution in [0.4, 0.5) is 0 Å². The van der Waals surface area contributed by atoms with Gasteiger partial charge < -0.3 is 9.84 Å². The van der Waals surface area contributed by atoms with E-state index in [9.17, 15) is 0 Å². The summed E-state index contributed by atoms with van der Waals surface area (Å²) >= 11 is 0. The van der Waals surface area contributed by atoms with Crippen molar-refractivity contribution in [2.45, 2.75) is 33.6 Å². The predicted octanol–water partition coefficient (Wildman–Crippen LogP) is 3.15. The lowest BCUT2D eigenvalue weighted by molar-refractivity contribution is 0.251. The van der Waals surface area contributed by atoms with Crippen LogP contribution in [0.15, 0.2) is 18.2 Å². The smallest absolute Gasteiger partial charge is 0.119 e. The molecular weight excluding hydrogens is 224 g/mol. The Morgan fingerprint density at radius 3 is 2.78 bits per heavy atom. The minimum Gasteiger partial charge on any atom is -0.493 e. The molecule has 0 spiro atoms. The van der Waals surface area contributed by atoms with Crippen molar-refractivity contribution >= 4 is 0 Å². The lowest BCUT2D eigenvalue weighted by atomic mass is 10.1. The van der Waals surface area contributed by atoms with Crippen LogP contribution in [0, 0.1) is 24.7 Å². The second-order valence-electron chi connectivity index (χ2n) is 4.64. The zero-order valence-electron chi connectivity index (χ0n) is 11.5. The molecule has 2 nitrogen and oxygen atoms in total. The summed E-state index contributed by atoms with van der Waals surface area (Å²) in [5.74, 6) is 7.06. The molecule has 0 fully saturated rings. The number of aryl methyl sites for hydroxylation is 1. The lowest BCUT2D eigenvalue weighted by Crippen LogP contribution is -2.08. The molecular formula is C16H22O2. The average Bonchev–Trinajstić information content (AvgIpc) is 2.35. The monoisotopic (exact) mass is 246 g/mol. The van der Waals surface area contributed by atoms with Gasteiger partial charge in [-0.05, 0) is 43.0 Å². The minimum absolute atomic E-state index is 0.105. The molecule has 0 aliphatic rings. The standard InChI is InChI=1S/C16H22O2/c1-4-6-13(2)12-18-16-9-8-15(7-5-10-17)14(3)11-16/h8-9,11,13,17H,4,6,10,12H2,1-3H3. The fraction of sp³-hybridized carbons (Fsp3) is 0.500. The van der Waals surface area contributed by atoms with Crippen LogP contribution < -0.4 is 4.74 Å². The van der Waals surface area contributed by atoms with Crippen molar-refractivity contribution in [3.05, 3.63) is 29.3 Å². The summed E-state index contributed by atoms with van der Waals surface area (Å²) in [6, 6.07) is 5.88. The Hall–Kier alpha value is -1.46. The average molecular weight is 246 g/mol. The Labute approximate surface area is 110 Å². The maximum Gasteiger partial charge on any atom is 0.119 e. The molecule has 1 aromatic carbocycles. The zero-order chi connectivity index (χ0) is 13.4. The van der Waals surface area contributed by atoms with E-state index >= 15 is 0 Å². The molecule has 2 heteroatoms. The molecule has 1 rings (SSSR count). The van der Waals surface area contributed by atoms with E-state index in [1.807, 2.05) is 25.1 Å². The van der Waals surface area contributed by atoms with Crippen LogP contribution in [-0.2, 0) is 0 Å². The summed E-state index contributed by atoms with van der Waals surface area (Å²) in [5.41, 5.74) is 2.02. The summed E-state index contributed by atoms with van der Waals surface area (Å²) < 4.78 is 5.76. The van der Waals surface area contributed by atoms with E-state index in [0.29, 0.717) is 5.92 Å². The second kappa shape index (κ2) is 7.79. The van der Waals surface area contributed by atoms with Crippen molar-refractivity contribution in [2.24, 2.45) is 5.92 Å². The van der Waals surface area contributed by atoms with Crippen molar-refractivity contribution in [2.75, 3.05) is 13.2 Å². The Kier molecular flexibility index (Phi) is 6.32. The molecule has 0 saturated carbocycles. The van der Waals surface area contributed by atoms with Gasteiger partial charge in [0.05, 0.1) is 6.61 Å². The summed E-state index contributed by atoms with van der Waals surface area (Å²) in [6.45, 7) is 7.05. The van der Waals surface area contributed by atoms with E-state index in [1.165, 1.54) is 12.8 Å². The van der Waals surface area contributed by atoms with Crippen molar-refractivity contribution < 1.29 is 9.84 Å². The number of ether oxygens (including phenoxy) is 1.